The summed E-state index contributed by atoms with van der Waals surface area (Å²) in [5.41, 5.74) is 1.97. The molecule has 88 valence electrons. The minimum absolute atomic E-state index is 0.123. The summed E-state index contributed by atoms with van der Waals surface area (Å²) in [6, 6.07) is 3.77. The zero-order valence-electron chi connectivity index (χ0n) is 8.63. The van der Waals surface area contributed by atoms with Gasteiger partial charge in [-0.15, -0.1) is 0 Å². The average molecular weight is 248 g/mol. The number of amides is 1. The van der Waals surface area contributed by atoms with E-state index >= 15 is 0 Å². The molecule has 0 aliphatic carbocycles. The van der Waals surface area contributed by atoms with E-state index < -0.39 is 11.7 Å². The average Bonchev–Trinajstić information content (AvgIpc) is 2.24. The van der Waals surface area contributed by atoms with Crippen LogP contribution in [0.5, 0.6) is 0 Å². The Morgan fingerprint density at radius 2 is 2.25 bits per heavy atom. The van der Waals surface area contributed by atoms with Crippen LogP contribution < -0.4 is 5.48 Å². The number of ether oxygens (including phenoxy) is 1. The lowest BCUT2D eigenvalue weighted by atomic mass is 10.2. The van der Waals surface area contributed by atoms with Crippen molar-refractivity contribution in [1.29, 1.82) is 0 Å². The lowest BCUT2D eigenvalue weighted by Crippen LogP contribution is -2.26. The zero-order valence-corrected chi connectivity index (χ0v) is 9.38. The first-order valence-corrected chi connectivity index (χ1v) is 4.89. The van der Waals surface area contributed by atoms with Gasteiger partial charge in [0.1, 0.15) is 5.82 Å². The number of hydrogen-bond donors (Lipinski definition) is 1. The first kappa shape index (κ1) is 12.9. The molecule has 1 amide bonds. The van der Waals surface area contributed by atoms with E-state index in [9.17, 15) is 9.18 Å². The summed E-state index contributed by atoms with van der Waals surface area (Å²) in [6.45, 7) is 0.529. The fourth-order valence-electron chi connectivity index (χ4n) is 0.970. The standard InChI is InChI=1S/C10H11ClFNO3/c1-15-4-5-16-13-10(14)8-3-2-7(11)6-9(8)12/h2-3,6H,4-5H2,1H3,(H,13,14). The van der Waals surface area contributed by atoms with E-state index in [4.69, 9.17) is 21.2 Å². The molecule has 0 atom stereocenters. The van der Waals surface area contributed by atoms with Gasteiger partial charge in [-0.1, -0.05) is 11.6 Å². The number of carbonyl (C=O) groups is 1. The third-order valence-corrected chi connectivity index (χ3v) is 1.97. The van der Waals surface area contributed by atoms with E-state index in [0.717, 1.165) is 6.07 Å². The number of carbonyl (C=O) groups excluding carboxylic acids is 1. The van der Waals surface area contributed by atoms with Gasteiger partial charge >= 0.3 is 0 Å². The number of rotatable bonds is 5. The van der Waals surface area contributed by atoms with Crippen LogP contribution in [0.25, 0.3) is 0 Å². The molecule has 0 unspecified atom stereocenters. The second-order valence-electron chi connectivity index (χ2n) is 2.90. The molecule has 0 spiro atoms. The SMILES string of the molecule is COCCONC(=O)c1ccc(Cl)cc1F. The smallest absolute Gasteiger partial charge is 0.277 e. The van der Waals surface area contributed by atoms with E-state index in [1.165, 1.54) is 19.2 Å². The molecule has 6 heteroatoms. The molecular formula is C10H11ClFNO3. The molecule has 0 aliphatic rings. The van der Waals surface area contributed by atoms with Gasteiger partial charge in [0.25, 0.3) is 5.91 Å². The summed E-state index contributed by atoms with van der Waals surface area (Å²) in [5, 5.41) is 0.231. The quantitative estimate of drug-likeness (QED) is 0.637. The second-order valence-corrected chi connectivity index (χ2v) is 3.33. The number of nitrogens with one attached hydrogen (secondary N) is 1. The summed E-state index contributed by atoms with van der Waals surface area (Å²) in [4.78, 5) is 16.1. The van der Waals surface area contributed by atoms with Crippen LogP contribution in [-0.4, -0.2) is 26.2 Å². The number of halogens is 2. The molecule has 1 N–H and O–H groups in total. The minimum Gasteiger partial charge on any atom is -0.382 e. The van der Waals surface area contributed by atoms with Crippen LogP contribution in [0, 0.1) is 5.82 Å². The Labute approximate surface area is 97.3 Å². The van der Waals surface area contributed by atoms with Crippen molar-refractivity contribution >= 4 is 17.5 Å². The number of hydroxylamine groups is 1. The zero-order chi connectivity index (χ0) is 12.0. The van der Waals surface area contributed by atoms with Crippen LogP contribution in [0.4, 0.5) is 4.39 Å². The Kier molecular flexibility index (Phi) is 5.18. The van der Waals surface area contributed by atoms with Crippen molar-refractivity contribution in [3.8, 4) is 0 Å². The van der Waals surface area contributed by atoms with Gasteiger partial charge < -0.3 is 4.74 Å². The molecule has 1 rings (SSSR count). The van der Waals surface area contributed by atoms with Crippen LogP contribution >= 0.6 is 11.6 Å². The van der Waals surface area contributed by atoms with Crippen molar-refractivity contribution < 1.29 is 18.8 Å². The van der Waals surface area contributed by atoms with Crippen molar-refractivity contribution in [2.75, 3.05) is 20.3 Å². The van der Waals surface area contributed by atoms with Crippen molar-refractivity contribution in [2.24, 2.45) is 0 Å². The van der Waals surface area contributed by atoms with Gasteiger partial charge in [0.2, 0.25) is 0 Å². The molecule has 0 heterocycles. The topological polar surface area (TPSA) is 47.6 Å². The van der Waals surface area contributed by atoms with E-state index in [1.54, 1.807) is 0 Å². The predicted molar refractivity (Wildman–Crippen MR) is 56.7 cm³/mol. The van der Waals surface area contributed by atoms with Crippen LogP contribution in [0.3, 0.4) is 0 Å². The molecule has 4 nitrogen and oxygen atoms in total. The number of methoxy groups -OCH3 is 1. The van der Waals surface area contributed by atoms with Crippen molar-refractivity contribution in [3.63, 3.8) is 0 Å². The Bertz CT molecular complexity index is 373. The fourth-order valence-corrected chi connectivity index (χ4v) is 1.13. The number of benzene rings is 1. The Morgan fingerprint density at radius 3 is 2.88 bits per heavy atom. The summed E-state index contributed by atoms with van der Waals surface area (Å²) >= 11 is 5.55. The minimum atomic E-state index is -0.694. The van der Waals surface area contributed by atoms with Crippen LogP contribution in [-0.2, 0) is 9.57 Å². The van der Waals surface area contributed by atoms with Crippen molar-refractivity contribution in [3.05, 3.63) is 34.6 Å². The van der Waals surface area contributed by atoms with Gasteiger partial charge in [-0.3, -0.25) is 9.63 Å². The summed E-state index contributed by atoms with van der Waals surface area (Å²) < 4.78 is 18.0. The van der Waals surface area contributed by atoms with Gasteiger partial charge in [0, 0.05) is 12.1 Å². The van der Waals surface area contributed by atoms with E-state index in [-0.39, 0.29) is 17.2 Å². The molecule has 1 aromatic carbocycles. The number of hydrogen-bond acceptors (Lipinski definition) is 3. The molecule has 1 aromatic rings. The molecule has 0 radical (unpaired) electrons. The van der Waals surface area contributed by atoms with Gasteiger partial charge in [-0.05, 0) is 18.2 Å². The third-order valence-electron chi connectivity index (χ3n) is 1.73. The maximum Gasteiger partial charge on any atom is 0.277 e. The Balaban J connectivity index is 2.53. The third kappa shape index (κ3) is 3.77. The molecule has 16 heavy (non-hydrogen) atoms. The maximum atomic E-state index is 13.3. The van der Waals surface area contributed by atoms with Crippen LogP contribution in [0.15, 0.2) is 18.2 Å². The molecule has 0 fully saturated rings. The predicted octanol–water partition coefficient (Wildman–Crippen LogP) is 1.79. The first-order chi connectivity index (χ1) is 7.65. The second kappa shape index (κ2) is 6.42. The molecule has 0 saturated carbocycles. The molecule has 0 aliphatic heterocycles. The van der Waals surface area contributed by atoms with Crippen LogP contribution in [0.2, 0.25) is 5.02 Å². The van der Waals surface area contributed by atoms with Crippen LogP contribution in [0.1, 0.15) is 10.4 Å². The molecule has 0 saturated heterocycles. The maximum absolute atomic E-state index is 13.3. The lowest BCUT2D eigenvalue weighted by Gasteiger charge is -2.06. The van der Waals surface area contributed by atoms with E-state index in [0.29, 0.717) is 6.61 Å². The van der Waals surface area contributed by atoms with Gasteiger partial charge in [-0.2, -0.15) is 0 Å². The lowest BCUT2D eigenvalue weighted by molar-refractivity contribution is 0.00865. The normalized spacial score (nSPS) is 10.2. The summed E-state index contributed by atoms with van der Waals surface area (Å²) in [5.74, 6) is -1.36. The van der Waals surface area contributed by atoms with E-state index in [2.05, 4.69) is 5.48 Å². The Morgan fingerprint density at radius 1 is 1.50 bits per heavy atom. The Hall–Kier alpha value is -1.17. The highest BCUT2D eigenvalue weighted by atomic mass is 35.5. The highest BCUT2D eigenvalue weighted by Gasteiger charge is 2.11. The first-order valence-electron chi connectivity index (χ1n) is 4.51. The van der Waals surface area contributed by atoms with Gasteiger partial charge in [-0.25, -0.2) is 9.87 Å². The summed E-state index contributed by atoms with van der Waals surface area (Å²) in [7, 11) is 1.50. The fraction of sp³-hybridized carbons (Fsp3) is 0.300. The van der Waals surface area contributed by atoms with Gasteiger partial charge in [0.15, 0.2) is 0 Å². The molecular weight excluding hydrogens is 237 g/mol. The monoisotopic (exact) mass is 247 g/mol. The largest absolute Gasteiger partial charge is 0.382 e. The van der Waals surface area contributed by atoms with Gasteiger partial charge in [0.05, 0.1) is 18.8 Å². The summed E-state index contributed by atoms with van der Waals surface area (Å²) in [6.07, 6.45) is 0. The molecule has 0 bridgehead atoms. The van der Waals surface area contributed by atoms with E-state index in [1.807, 2.05) is 0 Å². The highest BCUT2D eigenvalue weighted by molar-refractivity contribution is 6.30. The van der Waals surface area contributed by atoms with Crippen molar-refractivity contribution in [2.45, 2.75) is 0 Å². The highest BCUT2D eigenvalue weighted by Crippen LogP contribution is 2.14. The van der Waals surface area contributed by atoms with Crippen molar-refractivity contribution in [1.82, 2.24) is 5.48 Å². The molecule has 0 aromatic heterocycles.